The molecule has 1 aliphatic carbocycles. The predicted molar refractivity (Wildman–Crippen MR) is 93.2 cm³/mol. The summed E-state index contributed by atoms with van der Waals surface area (Å²) in [5.74, 6) is -0.506. The summed E-state index contributed by atoms with van der Waals surface area (Å²) in [6.45, 7) is 2.95. The molecular weight excluding hydrogens is 309 g/mol. The van der Waals surface area contributed by atoms with Crippen LogP contribution < -0.4 is 16.5 Å². The van der Waals surface area contributed by atoms with E-state index < -0.39 is 5.83 Å². The lowest BCUT2D eigenvalue weighted by Crippen LogP contribution is -2.34. The number of halogens is 1. The van der Waals surface area contributed by atoms with Gasteiger partial charge in [0.2, 0.25) is 0 Å². The fraction of sp³-hybridized carbons (Fsp3) is 0.529. The number of nitrogens with two attached hydrogens (primary N) is 1. The second kappa shape index (κ2) is 9.46. The molecule has 1 atom stereocenters. The average Bonchev–Trinajstić information content (AvgIpc) is 3.41. The topological polar surface area (TPSA) is 84.6 Å². The molecule has 0 spiro atoms. The van der Waals surface area contributed by atoms with E-state index in [1.54, 1.807) is 31.5 Å². The van der Waals surface area contributed by atoms with Crippen molar-refractivity contribution in [1.82, 2.24) is 15.8 Å². The molecule has 1 saturated carbocycles. The fourth-order valence-electron chi connectivity index (χ4n) is 2.23. The van der Waals surface area contributed by atoms with Gasteiger partial charge in [-0.1, -0.05) is 6.07 Å². The molecule has 2 rings (SSSR count). The van der Waals surface area contributed by atoms with E-state index in [2.05, 4.69) is 20.8 Å². The molecule has 1 unspecified atom stereocenters. The van der Waals surface area contributed by atoms with E-state index >= 15 is 0 Å². The van der Waals surface area contributed by atoms with Crippen LogP contribution in [0.3, 0.4) is 0 Å². The average molecular weight is 335 g/mol. The highest BCUT2D eigenvalue weighted by Gasteiger charge is 2.26. The first kappa shape index (κ1) is 18.5. The summed E-state index contributed by atoms with van der Waals surface area (Å²) in [5.41, 5.74) is 9.62. The second-order valence-corrected chi connectivity index (χ2v) is 5.83. The number of hydrogen-bond acceptors (Lipinski definition) is 6. The minimum atomic E-state index is -0.506. The van der Waals surface area contributed by atoms with Crippen LogP contribution in [0.2, 0.25) is 0 Å². The van der Waals surface area contributed by atoms with Crippen LogP contribution in [0.25, 0.3) is 0 Å². The Morgan fingerprint density at radius 2 is 2.29 bits per heavy atom. The molecular formula is C17H26FN5O. The predicted octanol–water partition coefficient (Wildman–Crippen LogP) is 1.69. The van der Waals surface area contributed by atoms with Gasteiger partial charge in [0.1, 0.15) is 5.71 Å². The third kappa shape index (κ3) is 5.67. The van der Waals surface area contributed by atoms with Crippen LogP contribution in [0.5, 0.6) is 0 Å². The Morgan fingerprint density at radius 3 is 2.92 bits per heavy atom. The van der Waals surface area contributed by atoms with Gasteiger partial charge in [-0.15, -0.1) is 0 Å². The normalized spacial score (nSPS) is 17.5. The molecule has 1 aromatic rings. The highest BCUT2D eigenvalue weighted by Crippen LogP contribution is 2.21. The number of hydroxylamine groups is 1. The van der Waals surface area contributed by atoms with Gasteiger partial charge >= 0.3 is 0 Å². The van der Waals surface area contributed by atoms with Crippen molar-refractivity contribution < 1.29 is 9.23 Å². The van der Waals surface area contributed by atoms with Gasteiger partial charge in [-0.05, 0) is 38.3 Å². The van der Waals surface area contributed by atoms with Crippen LogP contribution >= 0.6 is 0 Å². The van der Waals surface area contributed by atoms with Crippen molar-refractivity contribution in [2.45, 2.75) is 38.3 Å². The molecule has 7 heteroatoms. The highest BCUT2D eigenvalue weighted by atomic mass is 19.1. The molecule has 6 nitrogen and oxygen atoms in total. The second-order valence-electron chi connectivity index (χ2n) is 5.83. The van der Waals surface area contributed by atoms with E-state index in [0.717, 1.165) is 12.8 Å². The Bertz CT molecular complexity index is 572. The molecule has 0 radical (unpaired) electrons. The Balaban J connectivity index is 2.15. The Hall–Kier alpha value is -1.83. The van der Waals surface area contributed by atoms with Crippen molar-refractivity contribution >= 4 is 5.71 Å². The lowest BCUT2D eigenvalue weighted by molar-refractivity contribution is 0.0915. The molecule has 0 aliphatic heterocycles. The zero-order chi connectivity index (χ0) is 17.4. The summed E-state index contributed by atoms with van der Waals surface area (Å²) >= 11 is 0. The van der Waals surface area contributed by atoms with Crippen LogP contribution in [0.4, 0.5) is 4.39 Å². The van der Waals surface area contributed by atoms with Gasteiger partial charge in [-0.2, -0.15) is 0 Å². The Kier molecular flexibility index (Phi) is 7.30. The summed E-state index contributed by atoms with van der Waals surface area (Å²) in [6.07, 6.45) is 4.57. The monoisotopic (exact) mass is 335 g/mol. The third-order valence-corrected chi connectivity index (χ3v) is 3.75. The van der Waals surface area contributed by atoms with Gasteiger partial charge in [0.25, 0.3) is 0 Å². The molecule has 1 heterocycles. The number of nitrogens with zero attached hydrogens (tertiary/aromatic N) is 2. The molecule has 1 aromatic heterocycles. The fourth-order valence-corrected chi connectivity index (χ4v) is 2.23. The van der Waals surface area contributed by atoms with Crippen LogP contribution in [0, 0.1) is 0 Å². The number of pyridine rings is 1. The molecule has 0 saturated heterocycles. The molecule has 24 heavy (non-hydrogen) atoms. The first-order valence-corrected chi connectivity index (χ1v) is 8.26. The lowest BCUT2D eigenvalue weighted by atomic mass is 10.1. The van der Waals surface area contributed by atoms with Crippen molar-refractivity contribution in [2.75, 3.05) is 20.2 Å². The summed E-state index contributed by atoms with van der Waals surface area (Å²) in [6, 6.07) is 5.53. The lowest BCUT2D eigenvalue weighted by Gasteiger charge is -2.16. The minimum absolute atomic E-state index is 0.168. The molecule has 132 valence electrons. The first-order chi connectivity index (χ1) is 11.6. The number of rotatable bonds is 10. The minimum Gasteiger partial charge on any atom is -0.398 e. The maximum absolute atomic E-state index is 14.9. The molecule has 1 fully saturated rings. The van der Waals surface area contributed by atoms with E-state index in [1.165, 1.54) is 0 Å². The van der Waals surface area contributed by atoms with Crippen LogP contribution in [0.15, 0.2) is 40.9 Å². The van der Waals surface area contributed by atoms with E-state index in [9.17, 15) is 4.39 Å². The van der Waals surface area contributed by atoms with Crippen molar-refractivity contribution in [3.63, 3.8) is 0 Å². The highest BCUT2D eigenvalue weighted by molar-refractivity contribution is 6.10. The zero-order valence-corrected chi connectivity index (χ0v) is 14.3. The largest absolute Gasteiger partial charge is 0.398 e. The standard InChI is InChI=1S/C17H26FN5O/c1-12(23-13-7-8-13)16(19)15(18)17(14-6-3-4-9-20-14)21-10-5-11-22-24-2/h3-4,6,9,12-13,22-23H,5,7-8,10-11,19H2,1-2H3. The third-order valence-electron chi connectivity index (χ3n) is 3.75. The van der Waals surface area contributed by atoms with Crippen molar-refractivity contribution in [3.8, 4) is 0 Å². The van der Waals surface area contributed by atoms with Crippen molar-refractivity contribution in [1.29, 1.82) is 0 Å². The van der Waals surface area contributed by atoms with E-state index in [4.69, 9.17) is 10.6 Å². The molecule has 0 bridgehead atoms. The van der Waals surface area contributed by atoms with E-state index in [0.29, 0.717) is 31.2 Å². The Labute approximate surface area is 142 Å². The molecule has 0 aromatic carbocycles. The molecule has 1 aliphatic rings. The molecule has 4 N–H and O–H groups in total. The van der Waals surface area contributed by atoms with Gasteiger partial charge in [0, 0.05) is 31.4 Å². The van der Waals surface area contributed by atoms with Gasteiger partial charge in [-0.25, -0.2) is 9.87 Å². The number of aliphatic imine (C=N–C) groups is 1. The summed E-state index contributed by atoms with van der Waals surface area (Å²) in [7, 11) is 1.56. The summed E-state index contributed by atoms with van der Waals surface area (Å²) < 4.78 is 14.9. The number of nitrogens with one attached hydrogen (secondary N) is 2. The van der Waals surface area contributed by atoms with Crippen molar-refractivity contribution in [2.24, 2.45) is 10.7 Å². The van der Waals surface area contributed by atoms with Crippen LogP contribution in [-0.4, -0.2) is 43.0 Å². The molecule has 0 amide bonds. The smallest absolute Gasteiger partial charge is 0.170 e. The van der Waals surface area contributed by atoms with Gasteiger partial charge < -0.3 is 15.9 Å². The number of allylic oxidation sites excluding steroid dienone is 1. The summed E-state index contributed by atoms with van der Waals surface area (Å²) in [4.78, 5) is 13.4. The Morgan fingerprint density at radius 1 is 1.50 bits per heavy atom. The maximum atomic E-state index is 14.9. The van der Waals surface area contributed by atoms with Gasteiger partial charge in [0.05, 0.1) is 18.5 Å². The zero-order valence-electron chi connectivity index (χ0n) is 14.3. The number of hydrogen-bond donors (Lipinski definition) is 3. The SMILES string of the molecule is CONCCCN=C(C(F)=C(N)C(C)NC1CC1)c1ccccn1. The van der Waals surface area contributed by atoms with E-state index in [1.807, 2.05) is 6.92 Å². The van der Waals surface area contributed by atoms with E-state index in [-0.39, 0.29) is 17.5 Å². The van der Waals surface area contributed by atoms with Crippen LogP contribution in [0.1, 0.15) is 31.9 Å². The first-order valence-electron chi connectivity index (χ1n) is 8.26. The quantitative estimate of drug-likeness (QED) is 0.344. The number of aromatic nitrogens is 1. The van der Waals surface area contributed by atoms with Gasteiger partial charge in [-0.3, -0.25) is 9.98 Å². The van der Waals surface area contributed by atoms with Crippen molar-refractivity contribution in [3.05, 3.63) is 41.6 Å². The van der Waals surface area contributed by atoms with Crippen LogP contribution in [-0.2, 0) is 4.84 Å². The maximum Gasteiger partial charge on any atom is 0.170 e. The van der Waals surface area contributed by atoms with Gasteiger partial charge in [0.15, 0.2) is 5.83 Å². The summed E-state index contributed by atoms with van der Waals surface area (Å²) in [5, 5.41) is 3.30.